The molecule has 3 heterocycles. The second-order valence-electron chi connectivity index (χ2n) is 9.71. The summed E-state index contributed by atoms with van der Waals surface area (Å²) in [6.07, 6.45) is 10.1. The van der Waals surface area contributed by atoms with Crippen molar-refractivity contribution < 1.29 is 0 Å². The molecule has 0 spiro atoms. The van der Waals surface area contributed by atoms with Crippen LogP contribution < -0.4 is 0 Å². The summed E-state index contributed by atoms with van der Waals surface area (Å²) in [5.41, 5.74) is 10.1. The third-order valence-corrected chi connectivity index (χ3v) is 7.48. The van der Waals surface area contributed by atoms with Crippen molar-refractivity contribution in [2.45, 2.75) is 6.92 Å². The van der Waals surface area contributed by atoms with Crippen LogP contribution in [0.4, 0.5) is 0 Å². The fourth-order valence-corrected chi connectivity index (χ4v) is 5.83. The molecule has 7 rings (SSSR count). The molecular weight excluding hydrogens is 474 g/mol. The first-order valence-corrected chi connectivity index (χ1v) is 13.2. The summed E-state index contributed by atoms with van der Waals surface area (Å²) in [7, 11) is 0. The first-order chi connectivity index (χ1) is 19.3. The molecule has 39 heavy (non-hydrogen) atoms. The van der Waals surface area contributed by atoms with Crippen molar-refractivity contribution in [2.24, 2.45) is 0 Å². The second kappa shape index (κ2) is 9.30. The molecule has 3 aromatic heterocycles. The van der Waals surface area contributed by atoms with Crippen molar-refractivity contribution in [1.29, 1.82) is 0 Å². The largest absolute Gasteiger partial charge is 0.309 e. The second-order valence-corrected chi connectivity index (χ2v) is 9.71. The summed E-state index contributed by atoms with van der Waals surface area (Å²) in [4.78, 5) is 4.70. The van der Waals surface area contributed by atoms with Gasteiger partial charge in [0, 0.05) is 39.2 Å². The van der Waals surface area contributed by atoms with Crippen LogP contribution in [0, 0.1) is 0 Å². The summed E-state index contributed by atoms with van der Waals surface area (Å²) in [6.45, 7) is 6.17. The van der Waals surface area contributed by atoms with E-state index in [1.165, 1.54) is 27.2 Å². The SMILES string of the molecule is C=Cc1c(/C=C\C)n(-c2cccc(-c3cncc(-n4c5ccccc5c5ccccc54)c3)c2)c2ccccc12. The van der Waals surface area contributed by atoms with Gasteiger partial charge in [-0.15, -0.1) is 0 Å². The lowest BCUT2D eigenvalue weighted by molar-refractivity contribution is 1.10. The zero-order valence-electron chi connectivity index (χ0n) is 21.8. The van der Waals surface area contributed by atoms with Crippen molar-refractivity contribution in [1.82, 2.24) is 14.1 Å². The van der Waals surface area contributed by atoms with Crippen molar-refractivity contribution in [3.63, 3.8) is 0 Å². The lowest BCUT2D eigenvalue weighted by atomic mass is 10.1. The van der Waals surface area contributed by atoms with Crippen LogP contribution in [0.1, 0.15) is 18.2 Å². The summed E-state index contributed by atoms with van der Waals surface area (Å²) >= 11 is 0. The third-order valence-electron chi connectivity index (χ3n) is 7.48. The highest BCUT2D eigenvalue weighted by molar-refractivity contribution is 6.09. The number of nitrogens with zero attached hydrogens (tertiary/aromatic N) is 3. The molecular formula is C36H27N3. The van der Waals surface area contributed by atoms with Crippen LogP contribution in [0.3, 0.4) is 0 Å². The molecule has 3 heteroatoms. The average Bonchev–Trinajstić information content (AvgIpc) is 3.50. The van der Waals surface area contributed by atoms with E-state index in [4.69, 9.17) is 4.98 Å². The molecule has 0 saturated carbocycles. The monoisotopic (exact) mass is 501 g/mol. The number of allylic oxidation sites excluding steroid dienone is 1. The zero-order chi connectivity index (χ0) is 26.3. The number of hydrogen-bond donors (Lipinski definition) is 0. The van der Waals surface area contributed by atoms with E-state index in [0.717, 1.165) is 39.3 Å². The Balaban J connectivity index is 1.41. The number of rotatable bonds is 5. The number of hydrogen-bond acceptors (Lipinski definition) is 1. The van der Waals surface area contributed by atoms with E-state index in [9.17, 15) is 0 Å². The fraction of sp³-hybridized carbons (Fsp3) is 0.0278. The van der Waals surface area contributed by atoms with Gasteiger partial charge in [0.15, 0.2) is 0 Å². The molecule has 3 nitrogen and oxygen atoms in total. The molecule has 0 aliphatic heterocycles. The van der Waals surface area contributed by atoms with E-state index in [1.807, 2.05) is 18.5 Å². The molecule has 0 atom stereocenters. The summed E-state index contributed by atoms with van der Waals surface area (Å²) in [5.74, 6) is 0. The molecule has 186 valence electrons. The fourth-order valence-electron chi connectivity index (χ4n) is 5.83. The van der Waals surface area contributed by atoms with E-state index in [0.29, 0.717) is 0 Å². The van der Waals surface area contributed by atoms with Gasteiger partial charge in [0.05, 0.1) is 34.1 Å². The third kappa shape index (κ3) is 3.63. The standard InChI is InChI=1S/C36H27N3/c1-3-12-33-29(4-2)30-15-5-8-18-34(30)38(33)27-14-11-13-25(21-27)26-22-28(24-37-23-26)39-35-19-9-6-16-31(35)32-17-7-10-20-36(32)39/h3-24H,2H2,1H3/b12-3-. The van der Waals surface area contributed by atoms with Gasteiger partial charge < -0.3 is 9.13 Å². The summed E-state index contributed by atoms with van der Waals surface area (Å²) in [6, 6.07) is 36.6. The summed E-state index contributed by atoms with van der Waals surface area (Å²) in [5, 5.41) is 3.69. The lowest BCUT2D eigenvalue weighted by Crippen LogP contribution is -1.98. The Kier molecular flexibility index (Phi) is 5.49. The molecule has 7 aromatic rings. The van der Waals surface area contributed by atoms with Gasteiger partial charge in [0.1, 0.15) is 0 Å². The molecule has 0 unspecified atom stereocenters. The maximum atomic E-state index is 4.70. The van der Waals surface area contributed by atoms with Crippen molar-refractivity contribution in [3.05, 3.63) is 139 Å². The molecule has 0 radical (unpaired) electrons. The number of para-hydroxylation sites is 3. The van der Waals surface area contributed by atoms with Crippen molar-refractivity contribution in [3.8, 4) is 22.5 Å². The van der Waals surface area contributed by atoms with E-state index in [2.05, 4.69) is 138 Å². The molecule has 0 saturated heterocycles. The number of pyridine rings is 1. The van der Waals surface area contributed by atoms with Crippen molar-refractivity contribution in [2.75, 3.05) is 0 Å². The maximum absolute atomic E-state index is 4.70. The van der Waals surface area contributed by atoms with Gasteiger partial charge in [-0.2, -0.15) is 0 Å². The first kappa shape index (κ1) is 23.0. The van der Waals surface area contributed by atoms with E-state index < -0.39 is 0 Å². The summed E-state index contributed by atoms with van der Waals surface area (Å²) < 4.78 is 4.63. The number of fused-ring (bicyclic) bond motifs is 4. The quantitative estimate of drug-likeness (QED) is 0.230. The Morgan fingerprint density at radius 2 is 1.23 bits per heavy atom. The van der Waals surface area contributed by atoms with E-state index in [-0.39, 0.29) is 0 Å². The molecule has 0 amide bonds. The Morgan fingerprint density at radius 3 is 1.90 bits per heavy atom. The van der Waals surface area contributed by atoms with E-state index >= 15 is 0 Å². The Hall–Kier alpha value is -5.15. The highest BCUT2D eigenvalue weighted by Crippen LogP contribution is 2.35. The predicted molar refractivity (Wildman–Crippen MR) is 166 cm³/mol. The van der Waals surface area contributed by atoms with Gasteiger partial charge in [-0.3, -0.25) is 4.98 Å². The van der Waals surface area contributed by atoms with E-state index in [1.54, 1.807) is 0 Å². The zero-order valence-corrected chi connectivity index (χ0v) is 21.8. The van der Waals surface area contributed by atoms with Gasteiger partial charge in [0.2, 0.25) is 0 Å². The van der Waals surface area contributed by atoms with Crippen molar-refractivity contribution >= 4 is 44.9 Å². The normalized spacial score (nSPS) is 11.7. The molecule has 4 aromatic carbocycles. The van der Waals surface area contributed by atoms with Crippen LogP contribution in [-0.4, -0.2) is 14.1 Å². The number of aromatic nitrogens is 3. The van der Waals surface area contributed by atoms with Gasteiger partial charge in [-0.05, 0) is 55.0 Å². The average molecular weight is 502 g/mol. The van der Waals surface area contributed by atoms with Gasteiger partial charge in [-0.25, -0.2) is 0 Å². The van der Waals surface area contributed by atoms with Crippen LogP contribution in [-0.2, 0) is 0 Å². The molecule has 0 bridgehead atoms. The Bertz CT molecular complexity index is 2000. The van der Waals surface area contributed by atoms with Crippen LogP contribution >= 0.6 is 0 Å². The minimum atomic E-state index is 1.05. The topological polar surface area (TPSA) is 22.8 Å². The maximum Gasteiger partial charge on any atom is 0.0651 e. The minimum Gasteiger partial charge on any atom is -0.309 e. The molecule has 0 fully saturated rings. The highest BCUT2D eigenvalue weighted by atomic mass is 15.0. The number of benzene rings is 4. The highest BCUT2D eigenvalue weighted by Gasteiger charge is 2.16. The van der Waals surface area contributed by atoms with Gasteiger partial charge >= 0.3 is 0 Å². The smallest absolute Gasteiger partial charge is 0.0651 e. The van der Waals surface area contributed by atoms with Crippen LogP contribution in [0.5, 0.6) is 0 Å². The Labute approximate surface area is 227 Å². The minimum absolute atomic E-state index is 1.05. The van der Waals surface area contributed by atoms with Crippen LogP contribution in [0.2, 0.25) is 0 Å². The molecule has 0 aliphatic rings. The Morgan fingerprint density at radius 1 is 0.615 bits per heavy atom. The first-order valence-electron chi connectivity index (χ1n) is 13.2. The van der Waals surface area contributed by atoms with Crippen LogP contribution in [0.15, 0.2) is 128 Å². The lowest BCUT2D eigenvalue weighted by Gasteiger charge is -2.13. The van der Waals surface area contributed by atoms with Gasteiger partial charge in [0.25, 0.3) is 0 Å². The van der Waals surface area contributed by atoms with Crippen LogP contribution in [0.25, 0.3) is 67.4 Å². The molecule has 0 aliphatic carbocycles. The van der Waals surface area contributed by atoms with Gasteiger partial charge in [-0.1, -0.05) is 85.5 Å². The molecule has 0 N–H and O–H groups in total. The predicted octanol–water partition coefficient (Wildman–Crippen LogP) is 9.47.